The van der Waals surface area contributed by atoms with Crippen LogP contribution in [0.25, 0.3) is 0 Å². The van der Waals surface area contributed by atoms with Crippen molar-refractivity contribution >= 4 is 0 Å². The van der Waals surface area contributed by atoms with E-state index in [0.29, 0.717) is 12.6 Å². The highest BCUT2D eigenvalue weighted by molar-refractivity contribution is 4.71. The SMILES string of the molecule is CCC(CC)N(CCN)CC(C)O. The van der Waals surface area contributed by atoms with Crippen LogP contribution in [0.1, 0.15) is 33.6 Å². The summed E-state index contributed by atoms with van der Waals surface area (Å²) < 4.78 is 0. The maximum atomic E-state index is 9.31. The predicted octanol–water partition coefficient (Wildman–Crippen LogP) is 0.817. The molecule has 0 amide bonds. The Morgan fingerprint density at radius 2 is 1.85 bits per heavy atom. The second-order valence-corrected chi connectivity index (χ2v) is 3.60. The van der Waals surface area contributed by atoms with Crippen LogP contribution in [-0.2, 0) is 0 Å². The summed E-state index contributed by atoms with van der Waals surface area (Å²) in [6.07, 6.45) is 2.00. The molecule has 3 N–H and O–H groups in total. The van der Waals surface area contributed by atoms with E-state index in [1.807, 2.05) is 6.92 Å². The Balaban J connectivity index is 4.03. The molecule has 0 bridgehead atoms. The van der Waals surface area contributed by atoms with Gasteiger partial charge >= 0.3 is 0 Å². The lowest BCUT2D eigenvalue weighted by Crippen LogP contribution is -2.42. The average Bonchev–Trinajstić information content (AvgIpc) is 2.05. The summed E-state index contributed by atoms with van der Waals surface area (Å²) in [5.41, 5.74) is 5.53. The standard InChI is InChI=1S/C10H24N2O/c1-4-10(5-2)12(7-6-11)8-9(3)13/h9-10,13H,4-8,11H2,1-3H3. The van der Waals surface area contributed by atoms with E-state index in [1.54, 1.807) is 0 Å². The molecule has 0 fully saturated rings. The van der Waals surface area contributed by atoms with Crippen molar-refractivity contribution in [1.82, 2.24) is 4.90 Å². The summed E-state index contributed by atoms with van der Waals surface area (Å²) in [6.45, 7) is 8.48. The van der Waals surface area contributed by atoms with Gasteiger partial charge < -0.3 is 10.8 Å². The van der Waals surface area contributed by atoms with Crippen LogP contribution in [-0.4, -0.2) is 41.8 Å². The van der Waals surface area contributed by atoms with Crippen molar-refractivity contribution in [2.45, 2.75) is 45.8 Å². The van der Waals surface area contributed by atoms with Crippen molar-refractivity contribution in [2.24, 2.45) is 5.73 Å². The Bertz CT molecular complexity index is 113. The molecule has 0 rings (SSSR count). The molecule has 0 radical (unpaired) electrons. The third kappa shape index (κ3) is 5.24. The number of aliphatic hydroxyl groups is 1. The fourth-order valence-corrected chi connectivity index (χ4v) is 1.73. The summed E-state index contributed by atoms with van der Waals surface area (Å²) in [5, 5.41) is 9.31. The summed E-state index contributed by atoms with van der Waals surface area (Å²) >= 11 is 0. The van der Waals surface area contributed by atoms with Gasteiger partial charge in [-0.05, 0) is 19.8 Å². The molecule has 13 heavy (non-hydrogen) atoms. The first-order chi connectivity index (χ1) is 6.15. The predicted molar refractivity (Wildman–Crippen MR) is 56.7 cm³/mol. The van der Waals surface area contributed by atoms with Gasteiger partial charge in [-0.1, -0.05) is 13.8 Å². The molecule has 0 aromatic rings. The van der Waals surface area contributed by atoms with Crippen molar-refractivity contribution in [3.05, 3.63) is 0 Å². The molecule has 1 atom stereocenters. The van der Waals surface area contributed by atoms with E-state index in [4.69, 9.17) is 5.73 Å². The number of nitrogens with zero attached hydrogens (tertiary/aromatic N) is 1. The van der Waals surface area contributed by atoms with E-state index in [0.717, 1.165) is 25.9 Å². The molecule has 0 aromatic heterocycles. The second-order valence-electron chi connectivity index (χ2n) is 3.60. The molecule has 3 heteroatoms. The van der Waals surface area contributed by atoms with E-state index < -0.39 is 0 Å². The van der Waals surface area contributed by atoms with Gasteiger partial charge in [-0.15, -0.1) is 0 Å². The zero-order chi connectivity index (χ0) is 10.3. The molecule has 1 unspecified atom stereocenters. The lowest BCUT2D eigenvalue weighted by molar-refractivity contribution is 0.0964. The number of hydrogen-bond acceptors (Lipinski definition) is 3. The number of hydrogen-bond donors (Lipinski definition) is 2. The Morgan fingerprint density at radius 3 is 2.15 bits per heavy atom. The van der Waals surface area contributed by atoms with E-state index in [-0.39, 0.29) is 6.10 Å². The minimum atomic E-state index is -0.257. The smallest absolute Gasteiger partial charge is 0.0639 e. The highest BCUT2D eigenvalue weighted by Crippen LogP contribution is 2.08. The molecule has 0 aliphatic rings. The number of nitrogens with two attached hydrogens (primary N) is 1. The van der Waals surface area contributed by atoms with Crippen LogP contribution in [0.2, 0.25) is 0 Å². The second kappa shape index (κ2) is 7.30. The van der Waals surface area contributed by atoms with Gasteiger partial charge in [0.2, 0.25) is 0 Å². The summed E-state index contributed by atoms with van der Waals surface area (Å²) in [5.74, 6) is 0. The Morgan fingerprint density at radius 1 is 1.31 bits per heavy atom. The van der Waals surface area contributed by atoms with Gasteiger partial charge in [0.25, 0.3) is 0 Å². The zero-order valence-electron chi connectivity index (χ0n) is 9.16. The maximum absolute atomic E-state index is 9.31. The van der Waals surface area contributed by atoms with E-state index in [1.165, 1.54) is 0 Å². The average molecular weight is 188 g/mol. The molecule has 80 valence electrons. The molecular formula is C10H24N2O. The first-order valence-electron chi connectivity index (χ1n) is 5.27. The third-order valence-electron chi connectivity index (χ3n) is 2.37. The van der Waals surface area contributed by atoms with Gasteiger partial charge in [0.05, 0.1) is 6.10 Å². The molecule has 0 aliphatic heterocycles. The Hall–Kier alpha value is -0.120. The number of aliphatic hydroxyl groups excluding tert-OH is 1. The van der Waals surface area contributed by atoms with Crippen LogP contribution in [0.3, 0.4) is 0 Å². The first-order valence-corrected chi connectivity index (χ1v) is 5.27. The van der Waals surface area contributed by atoms with Crippen LogP contribution < -0.4 is 5.73 Å². The third-order valence-corrected chi connectivity index (χ3v) is 2.37. The van der Waals surface area contributed by atoms with E-state index >= 15 is 0 Å². The molecule has 0 saturated heterocycles. The molecule has 0 aromatic carbocycles. The van der Waals surface area contributed by atoms with Gasteiger partial charge in [0.1, 0.15) is 0 Å². The van der Waals surface area contributed by atoms with E-state index in [9.17, 15) is 5.11 Å². The quantitative estimate of drug-likeness (QED) is 0.622. The zero-order valence-corrected chi connectivity index (χ0v) is 9.16. The first kappa shape index (κ1) is 12.9. The monoisotopic (exact) mass is 188 g/mol. The van der Waals surface area contributed by atoms with Gasteiger partial charge in [-0.25, -0.2) is 0 Å². The minimum Gasteiger partial charge on any atom is -0.392 e. The Labute approximate surface area is 81.9 Å². The highest BCUT2D eigenvalue weighted by atomic mass is 16.3. The largest absolute Gasteiger partial charge is 0.392 e. The van der Waals surface area contributed by atoms with Gasteiger partial charge in [-0.3, -0.25) is 4.90 Å². The van der Waals surface area contributed by atoms with Gasteiger partial charge in [0, 0.05) is 25.7 Å². The highest BCUT2D eigenvalue weighted by Gasteiger charge is 2.15. The van der Waals surface area contributed by atoms with Crippen molar-refractivity contribution in [1.29, 1.82) is 0 Å². The normalized spacial score (nSPS) is 14.1. The lowest BCUT2D eigenvalue weighted by Gasteiger charge is -2.30. The molecule has 0 aliphatic carbocycles. The van der Waals surface area contributed by atoms with Crippen molar-refractivity contribution < 1.29 is 5.11 Å². The topological polar surface area (TPSA) is 49.5 Å². The van der Waals surface area contributed by atoms with Gasteiger partial charge in [0.15, 0.2) is 0 Å². The molecule has 3 nitrogen and oxygen atoms in total. The van der Waals surface area contributed by atoms with Crippen LogP contribution in [0.4, 0.5) is 0 Å². The fraction of sp³-hybridized carbons (Fsp3) is 1.00. The lowest BCUT2D eigenvalue weighted by atomic mass is 10.1. The summed E-state index contributed by atoms with van der Waals surface area (Å²) in [7, 11) is 0. The minimum absolute atomic E-state index is 0.257. The summed E-state index contributed by atoms with van der Waals surface area (Å²) in [4.78, 5) is 2.28. The van der Waals surface area contributed by atoms with Gasteiger partial charge in [-0.2, -0.15) is 0 Å². The molecular weight excluding hydrogens is 164 g/mol. The van der Waals surface area contributed by atoms with Crippen molar-refractivity contribution in [2.75, 3.05) is 19.6 Å². The molecule has 0 heterocycles. The number of rotatable bonds is 7. The fourth-order valence-electron chi connectivity index (χ4n) is 1.73. The van der Waals surface area contributed by atoms with E-state index in [2.05, 4.69) is 18.7 Å². The molecule has 0 saturated carbocycles. The van der Waals surface area contributed by atoms with Crippen LogP contribution >= 0.6 is 0 Å². The van der Waals surface area contributed by atoms with Crippen molar-refractivity contribution in [3.63, 3.8) is 0 Å². The van der Waals surface area contributed by atoms with Crippen LogP contribution in [0.5, 0.6) is 0 Å². The summed E-state index contributed by atoms with van der Waals surface area (Å²) in [6, 6.07) is 0.568. The van der Waals surface area contributed by atoms with Crippen molar-refractivity contribution in [3.8, 4) is 0 Å². The van der Waals surface area contributed by atoms with Crippen LogP contribution in [0, 0.1) is 0 Å². The molecule has 0 spiro atoms. The Kier molecular flexibility index (Phi) is 7.23. The maximum Gasteiger partial charge on any atom is 0.0639 e. The van der Waals surface area contributed by atoms with Crippen LogP contribution in [0.15, 0.2) is 0 Å².